The molecule has 28 heavy (non-hydrogen) atoms. The highest BCUT2D eigenvalue weighted by Gasteiger charge is 2.31. The van der Waals surface area contributed by atoms with Gasteiger partial charge >= 0.3 is 0 Å². The molecule has 1 N–H and O–H groups in total. The van der Waals surface area contributed by atoms with Crippen LogP contribution in [0.4, 0.5) is 0 Å². The van der Waals surface area contributed by atoms with Crippen LogP contribution in [0.15, 0.2) is 16.3 Å². The third-order valence-corrected chi connectivity index (χ3v) is 8.29. The monoisotopic (exact) mass is 429 g/mol. The fourth-order valence-electron chi connectivity index (χ4n) is 4.15. The summed E-state index contributed by atoms with van der Waals surface area (Å²) in [6.07, 6.45) is 2.15. The molecule has 158 valence electrons. The van der Waals surface area contributed by atoms with Gasteiger partial charge in [0.05, 0.1) is 13.2 Å². The molecular formula is C19H31N3O4S2. The van der Waals surface area contributed by atoms with E-state index in [9.17, 15) is 13.2 Å². The molecule has 9 heteroatoms. The normalized spacial score (nSPS) is 24.9. The summed E-state index contributed by atoms with van der Waals surface area (Å²) < 4.78 is 32.4. The van der Waals surface area contributed by atoms with Crippen molar-refractivity contribution in [3.05, 3.63) is 16.3 Å². The lowest BCUT2D eigenvalue weighted by Crippen LogP contribution is -2.41. The number of hydrogen-bond acceptors (Lipinski definition) is 6. The number of nitrogens with zero attached hydrogens (tertiary/aromatic N) is 2. The minimum Gasteiger partial charge on any atom is -0.379 e. The molecule has 2 atom stereocenters. The molecule has 0 bridgehead atoms. The number of thiophene rings is 1. The Bertz CT molecular complexity index is 749. The quantitative estimate of drug-likeness (QED) is 0.670. The van der Waals surface area contributed by atoms with E-state index in [1.54, 1.807) is 5.38 Å². The van der Waals surface area contributed by atoms with Crippen LogP contribution in [0.3, 0.4) is 0 Å². The van der Waals surface area contributed by atoms with Gasteiger partial charge in [-0.15, -0.1) is 11.3 Å². The molecule has 3 rings (SSSR count). The van der Waals surface area contributed by atoms with E-state index < -0.39 is 10.0 Å². The standard InChI is InChI=1S/C19H31N3O4S2/c1-15-12-16(2)14-21(13-15)6-3-5-20-19(23)18-17(4-11-27-18)28(24,25)22-7-9-26-10-8-22/h4,11,15-16H,3,5-10,12-14H2,1-2H3,(H,20,23)/t15-,16-/m0/s1. The molecule has 2 aliphatic heterocycles. The van der Waals surface area contributed by atoms with Crippen LogP contribution in [0.25, 0.3) is 0 Å². The predicted molar refractivity (Wildman–Crippen MR) is 110 cm³/mol. The molecule has 2 fully saturated rings. The van der Waals surface area contributed by atoms with Gasteiger partial charge in [0, 0.05) is 32.7 Å². The van der Waals surface area contributed by atoms with E-state index in [1.165, 1.54) is 28.1 Å². The van der Waals surface area contributed by atoms with Crippen LogP contribution in [0.2, 0.25) is 0 Å². The van der Waals surface area contributed by atoms with E-state index in [0.29, 0.717) is 32.8 Å². The minimum atomic E-state index is -3.66. The number of likely N-dealkylation sites (tertiary alicyclic amines) is 1. The van der Waals surface area contributed by atoms with Crippen molar-refractivity contribution in [1.29, 1.82) is 0 Å². The van der Waals surface area contributed by atoms with Gasteiger partial charge in [0.1, 0.15) is 9.77 Å². The van der Waals surface area contributed by atoms with Crippen LogP contribution in [0, 0.1) is 11.8 Å². The summed E-state index contributed by atoms with van der Waals surface area (Å²) in [6.45, 7) is 9.74. The first-order valence-corrected chi connectivity index (χ1v) is 12.4. The van der Waals surface area contributed by atoms with Crippen LogP contribution in [0.1, 0.15) is 36.4 Å². The van der Waals surface area contributed by atoms with Gasteiger partial charge in [-0.05, 0) is 42.7 Å². The first-order chi connectivity index (χ1) is 13.4. The molecule has 1 aromatic rings. The summed E-state index contributed by atoms with van der Waals surface area (Å²) in [7, 11) is -3.66. The molecule has 0 radical (unpaired) electrons. The molecule has 0 aromatic carbocycles. The number of piperidine rings is 1. The average molecular weight is 430 g/mol. The highest BCUT2D eigenvalue weighted by molar-refractivity contribution is 7.89. The van der Waals surface area contributed by atoms with E-state index >= 15 is 0 Å². The van der Waals surface area contributed by atoms with Crippen LogP contribution in [-0.4, -0.2) is 76.0 Å². The van der Waals surface area contributed by atoms with Gasteiger partial charge < -0.3 is 15.0 Å². The molecular weight excluding hydrogens is 398 g/mol. The van der Waals surface area contributed by atoms with Gasteiger partial charge in [0.15, 0.2) is 0 Å². The Hall–Kier alpha value is -1.00. The Morgan fingerprint density at radius 1 is 1.25 bits per heavy atom. The molecule has 0 aliphatic carbocycles. The van der Waals surface area contributed by atoms with E-state index in [1.807, 2.05) is 0 Å². The summed E-state index contributed by atoms with van der Waals surface area (Å²) in [5.41, 5.74) is 0. The lowest BCUT2D eigenvalue weighted by Gasteiger charge is -2.34. The zero-order valence-electron chi connectivity index (χ0n) is 16.7. The first-order valence-electron chi connectivity index (χ1n) is 10.0. The zero-order chi connectivity index (χ0) is 20.1. The SMILES string of the molecule is C[C@H]1C[C@H](C)CN(CCCNC(=O)c2sccc2S(=O)(=O)N2CCOCC2)C1. The molecule has 2 aliphatic rings. The Labute approximate surface area is 172 Å². The summed E-state index contributed by atoms with van der Waals surface area (Å²) in [5, 5.41) is 4.57. The number of carbonyl (C=O) groups is 1. The minimum absolute atomic E-state index is 0.107. The van der Waals surface area contributed by atoms with Gasteiger partial charge in [0.2, 0.25) is 10.0 Å². The lowest BCUT2D eigenvalue weighted by molar-refractivity contribution is 0.0730. The fourth-order valence-corrected chi connectivity index (χ4v) is 6.88. The summed E-state index contributed by atoms with van der Waals surface area (Å²) in [4.78, 5) is 15.4. The number of ether oxygens (including phenoxy) is 1. The zero-order valence-corrected chi connectivity index (χ0v) is 18.4. The van der Waals surface area contributed by atoms with Crippen molar-refractivity contribution in [3.8, 4) is 0 Å². The van der Waals surface area contributed by atoms with Crippen molar-refractivity contribution in [3.63, 3.8) is 0 Å². The molecule has 0 saturated carbocycles. The molecule has 7 nitrogen and oxygen atoms in total. The number of nitrogens with one attached hydrogen (secondary N) is 1. The highest BCUT2D eigenvalue weighted by atomic mass is 32.2. The number of carbonyl (C=O) groups excluding carboxylic acids is 1. The smallest absolute Gasteiger partial charge is 0.262 e. The van der Waals surface area contributed by atoms with Gasteiger partial charge in [-0.1, -0.05) is 13.8 Å². The van der Waals surface area contributed by atoms with Gasteiger partial charge in [-0.25, -0.2) is 8.42 Å². The lowest BCUT2D eigenvalue weighted by atomic mass is 9.92. The van der Waals surface area contributed by atoms with E-state index in [4.69, 9.17) is 4.74 Å². The number of sulfonamides is 1. The maximum absolute atomic E-state index is 12.9. The van der Waals surface area contributed by atoms with Gasteiger partial charge in [-0.3, -0.25) is 4.79 Å². The van der Waals surface area contributed by atoms with Crippen LogP contribution < -0.4 is 5.32 Å². The van der Waals surface area contributed by atoms with Crippen LogP contribution in [-0.2, 0) is 14.8 Å². The van der Waals surface area contributed by atoms with Crippen LogP contribution in [0.5, 0.6) is 0 Å². The molecule has 3 heterocycles. The van der Waals surface area contributed by atoms with Crippen molar-refractivity contribution in [2.75, 3.05) is 52.5 Å². The predicted octanol–water partition coefficient (Wildman–Crippen LogP) is 1.87. The van der Waals surface area contributed by atoms with E-state index in [0.717, 1.165) is 37.9 Å². The molecule has 1 aromatic heterocycles. The Morgan fingerprint density at radius 2 is 1.93 bits per heavy atom. The number of morpholine rings is 1. The summed E-state index contributed by atoms with van der Waals surface area (Å²) in [5.74, 6) is 1.14. The third-order valence-electron chi connectivity index (χ3n) is 5.30. The molecule has 2 saturated heterocycles. The largest absolute Gasteiger partial charge is 0.379 e. The number of amides is 1. The van der Waals surface area contributed by atoms with Crippen LogP contribution >= 0.6 is 11.3 Å². The van der Waals surface area contributed by atoms with Crippen molar-refractivity contribution in [2.45, 2.75) is 31.6 Å². The number of rotatable bonds is 7. The molecule has 1 amide bonds. The second-order valence-electron chi connectivity index (χ2n) is 7.95. The van der Waals surface area contributed by atoms with E-state index in [2.05, 4.69) is 24.1 Å². The fraction of sp³-hybridized carbons (Fsp3) is 0.737. The summed E-state index contributed by atoms with van der Waals surface area (Å²) in [6, 6.07) is 1.53. The second-order valence-corrected chi connectivity index (χ2v) is 10.8. The number of hydrogen-bond donors (Lipinski definition) is 1. The van der Waals surface area contributed by atoms with Gasteiger partial charge in [-0.2, -0.15) is 4.31 Å². The maximum Gasteiger partial charge on any atom is 0.262 e. The molecule has 0 spiro atoms. The highest BCUT2D eigenvalue weighted by Crippen LogP contribution is 2.26. The summed E-state index contributed by atoms with van der Waals surface area (Å²) >= 11 is 1.18. The second kappa shape index (κ2) is 9.67. The van der Waals surface area contributed by atoms with Crippen molar-refractivity contribution >= 4 is 27.3 Å². The Kier molecular flexibility index (Phi) is 7.49. The van der Waals surface area contributed by atoms with Gasteiger partial charge in [0.25, 0.3) is 5.91 Å². The van der Waals surface area contributed by atoms with Crippen molar-refractivity contribution < 1.29 is 17.9 Å². The Morgan fingerprint density at radius 3 is 2.61 bits per heavy atom. The topological polar surface area (TPSA) is 79.0 Å². The van der Waals surface area contributed by atoms with E-state index in [-0.39, 0.29) is 15.7 Å². The maximum atomic E-state index is 12.9. The van der Waals surface area contributed by atoms with Crippen molar-refractivity contribution in [1.82, 2.24) is 14.5 Å². The molecule has 0 unspecified atom stereocenters. The Balaban J connectivity index is 1.52. The first kappa shape index (κ1) is 21.7. The average Bonchev–Trinajstić information content (AvgIpc) is 3.16. The van der Waals surface area contributed by atoms with Crippen molar-refractivity contribution in [2.24, 2.45) is 11.8 Å². The third kappa shape index (κ3) is 5.33.